The molecule has 0 saturated heterocycles. The van der Waals surface area contributed by atoms with E-state index in [0.29, 0.717) is 6.42 Å². The van der Waals surface area contributed by atoms with Crippen LogP contribution in [-0.2, 0) is 11.2 Å². The number of rotatable bonds is 3. The smallest absolute Gasteiger partial charge is 0.356 e. The maximum absolute atomic E-state index is 11.3. The number of carbonyl (C=O) groups excluding carboxylic acids is 1. The van der Waals surface area contributed by atoms with E-state index in [1.165, 1.54) is 13.4 Å². The Hall–Kier alpha value is -2.23. The first-order chi connectivity index (χ1) is 8.29. The zero-order chi connectivity index (χ0) is 12.1. The van der Waals surface area contributed by atoms with Gasteiger partial charge >= 0.3 is 5.97 Å². The quantitative estimate of drug-likeness (QED) is 0.752. The largest absolute Gasteiger partial charge is 0.464 e. The Morgan fingerprint density at radius 2 is 2.00 bits per heavy atom. The summed E-state index contributed by atoms with van der Waals surface area (Å²) >= 11 is 0. The van der Waals surface area contributed by atoms with Gasteiger partial charge in [0.25, 0.3) is 0 Å². The molecule has 0 N–H and O–H groups in total. The third kappa shape index (κ3) is 2.87. The second kappa shape index (κ2) is 5.21. The van der Waals surface area contributed by atoms with Gasteiger partial charge in [-0.1, -0.05) is 30.3 Å². The molecule has 0 aliphatic heterocycles. The Labute approximate surface area is 99.3 Å². The molecule has 0 unspecified atom stereocenters. The van der Waals surface area contributed by atoms with Crippen molar-refractivity contribution in [2.45, 2.75) is 6.42 Å². The van der Waals surface area contributed by atoms with E-state index < -0.39 is 5.97 Å². The van der Waals surface area contributed by atoms with Gasteiger partial charge in [0.1, 0.15) is 6.33 Å². The van der Waals surface area contributed by atoms with Crippen LogP contribution in [0.25, 0.3) is 0 Å². The highest BCUT2D eigenvalue weighted by atomic mass is 16.5. The van der Waals surface area contributed by atoms with E-state index in [2.05, 4.69) is 14.7 Å². The minimum atomic E-state index is -0.443. The fraction of sp³-hybridized carbons (Fsp3) is 0.154. The predicted molar refractivity (Wildman–Crippen MR) is 62.6 cm³/mol. The summed E-state index contributed by atoms with van der Waals surface area (Å²) in [7, 11) is 1.33. The van der Waals surface area contributed by atoms with Crippen molar-refractivity contribution in [1.29, 1.82) is 0 Å². The molecule has 0 saturated carbocycles. The van der Waals surface area contributed by atoms with E-state index in [1.807, 2.05) is 30.3 Å². The average molecular weight is 228 g/mol. The van der Waals surface area contributed by atoms with Crippen LogP contribution >= 0.6 is 0 Å². The van der Waals surface area contributed by atoms with Gasteiger partial charge in [-0.15, -0.1) is 0 Å². The summed E-state index contributed by atoms with van der Waals surface area (Å²) < 4.78 is 4.61. The number of aromatic nitrogens is 2. The van der Waals surface area contributed by atoms with Crippen LogP contribution in [0.5, 0.6) is 0 Å². The molecule has 0 radical (unpaired) electrons. The van der Waals surface area contributed by atoms with Crippen molar-refractivity contribution in [1.82, 2.24) is 9.97 Å². The van der Waals surface area contributed by atoms with Crippen LogP contribution in [0.1, 0.15) is 21.7 Å². The van der Waals surface area contributed by atoms with Crippen molar-refractivity contribution < 1.29 is 9.53 Å². The van der Waals surface area contributed by atoms with E-state index in [4.69, 9.17) is 0 Å². The first-order valence-electron chi connectivity index (χ1n) is 5.23. The number of carbonyl (C=O) groups is 1. The Bertz CT molecular complexity index is 512. The summed E-state index contributed by atoms with van der Waals surface area (Å²) in [4.78, 5) is 19.3. The number of hydrogen-bond donors (Lipinski definition) is 0. The molecule has 17 heavy (non-hydrogen) atoms. The molecule has 0 amide bonds. The predicted octanol–water partition coefficient (Wildman–Crippen LogP) is 1.85. The minimum absolute atomic E-state index is 0.286. The van der Waals surface area contributed by atoms with Crippen LogP contribution in [0.2, 0.25) is 0 Å². The molecule has 4 nitrogen and oxygen atoms in total. The second-order valence-corrected chi connectivity index (χ2v) is 3.55. The molecule has 86 valence electrons. The molecule has 4 heteroatoms. The molecular weight excluding hydrogens is 216 g/mol. The van der Waals surface area contributed by atoms with Crippen molar-refractivity contribution in [2.24, 2.45) is 0 Å². The van der Waals surface area contributed by atoms with Gasteiger partial charge in [-0.05, 0) is 11.6 Å². The number of methoxy groups -OCH3 is 1. The van der Waals surface area contributed by atoms with Gasteiger partial charge < -0.3 is 4.74 Å². The van der Waals surface area contributed by atoms with Crippen molar-refractivity contribution in [3.8, 4) is 0 Å². The number of benzene rings is 1. The van der Waals surface area contributed by atoms with E-state index in [0.717, 1.165) is 11.3 Å². The lowest BCUT2D eigenvalue weighted by molar-refractivity contribution is 0.0593. The topological polar surface area (TPSA) is 52.1 Å². The maximum Gasteiger partial charge on any atom is 0.356 e. The van der Waals surface area contributed by atoms with E-state index in [-0.39, 0.29) is 5.69 Å². The van der Waals surface area contributed by atoms with Gasteiger partial charge in [0.05, 0.1) is 7.11 Å². The molecule has 0 atom stereocenters. The van der Waals surface area contributed by atoms with Crippen molar-refractivity contribution in [2.75, 3.05) is 7.11 Å². The summed E-state index contributed by atoms with van der Waals surface area (Å²) in [6.07, 6.45) is 2.05. The maximum atomic E-state index is 11.3. The molecular formula is C13H12N2O2. The van der Waals surface area contributed by atoms with Crippen molar-refractivity contribution in [3.63, 3.8) is 0 Å². The average Bonchev–Trinajstić information content (AvgIpc) is 2.39. The van der Waals surface area contributed by atoms with Crippen LogP contribution in [0.15, 0.2) is 42.7 Å². The van der Waals surface area contributed by atoms with Crippen LogP contribution in [0, 0.1) is 0 Å². The molecule has 0 aliphatic carbocycles. The van der Waals surface area contributed by atoms with Crippen molar-refractivity contribution in [3.05, 3.63) is 59.7 Å². The van der Waals surface area contributed by atoms with Crippen LogP contribution < -0.4 is 0 Å². The lowest BCUT2D eigenvalue weighted by Gasteiger charge is -2.02. The third-order valence-corrected chi connectivity index (χ3v) is 2.35. The van der Waals surface area contributed by atoms with Gasteiger partial charge in [0.2, 0.25) is 0 Å². The SMILES string of the molecule is COC(=O)c1cc(Cc2ccccc2)ncn1. The molecule has 2 aromatic rings. The highest BCUT2D eigenvalue weighted by Gasteiger charge is 2.08. The summed E-state index contributed by atoms with van der Waals surface area (Å²) in [5, 5.41) is 0. The Balaban J connectivity index is 2.20. The normalized spacial score (nSPS) is 9.94. The Kier molecular flexibility index (Phi) is 3.45. The number of esters is 1. The molecule has 0 spiro atoms. The van der Waals surface area contributed by atoms with Crippen LogP contribution in [0.4, 0.5) is 0 Å². The lowest BCUT2D eigenvalue weighted by Crippen LogP contribution is -2.06. The van der Waals surface area contributed by atoms with E-state index in [9.17, 15) is 4.79 Å². The highest BCUT2D eigenvalue weighted by molar-refractivity contribution is 5.87. The van der Waals surface area contributed by atoms with Gasteiger partial charge in [-0.3, -0.25) is 0 Å². The molecule has 2 rings (SSSR count). The highest BCUT2D eigenvalue weighted by Crippen LogP contribution is 2.07. The van der Waals surface area contributed by atoms with Gasteiger partial charge in [-0.25, -0.2) is 14.8 Å². The van der Waals surface area contributed by atoms with Gasteiger partial charge in [0, 0.05) is 12.1 Å². The molecule has 0 aliphatic rings. The fourth-order valence-corrected chi connectivity index (χ4v) is 1.52. The van der Waals surface area contributed by atoms with Crippen LogP contribution in [-0.4, -0.2) is 23.0 Å². The van der Waals surface area contributed by atoms with Crippen molar-refractivity contribution >= 4 is 5.97 Å². The minimum Gasteiger partial charge on any atom is -0.464 e. The number of nitrogens with zero attached hydrogens (tertiary/aromatic N) is 2. The fourth-order valence-electron chi connectivity index (χ4n) is 1.52. The summed E-state index contributed by atoms with van der Waals surface area (Å²) in [6, 6.07) is 11.6. The third-order valence-electron chi connectivity index (χ3n) is 2.35. The first-order valence-corrected chi connectivity index (χ1v) is 5.23. The molecule has 1 aromatic carbocycles. The van der Waals surface area contributed by atoms with Gasteiger partial charge in [-0.2, -0.15) is 0 Å². The molecule has 1 heterocycles. The summed E-state index contributed by atoms with van der Waals surface area (Å²) in [5.41, 5.74) is 2.22. The zero-order valence-electron chi connectivity index (χ0n) is 9.46. The monoisotopic (exact) mass is 228 g/mol. The summed E-state index contributed by atoms with van der Waals surface area (Å²) in [5.74, 6) is -0.443. The van der Waals surface area contributed by atoms with E-state index >= 15 is 0 Å². The summed E-state index contributed by atoms with van der Waals surface area (Å²) in [6.45, 7) is 0. The van der Waals surface area contributed by atoms with Crippen LogP contribution in [0.3, 0.4) is 0 Å². The van der Waals surface area contributed by atoms with Gasteiger partial charge in [0.15, 0.2) is 5.69 Å². The Morgan fingerprint density at radius 1 is 1.24 bits per heavy atom. The molecule has 1 aromatic heterocycles. The second-order valence-electron chi connectivity index (χ2n) is 3.55. The standard InChI is InChI=1S/C13H12N2O2/c1-17-13(16)12-8-11(14-9-15-12)7-10-5-3-2-4-6-10/h2-6,8-9H,7H2,1H3. The zero-order valence-corrected chi connectivity index (χ0v) is 9.46. The number of hydrogen-bond acceptors (Lipinski definition) is 4. The first kappa shape index (κ1) is 11.3. The van der Waals surface area contributed by atoms with E-state index in [1.54, 1.807) is 6.07 Å². The number of ether oxygens (including phenoxy) is 1. The Morgan fingerprint density at radius 3 is 2.71 bits per heavy atom. The molecule has 0 bridgehead atoms. The molecule has 0 fully saturated rings. The lowest BCUT2D eigenvalue weighted by atomic mass is 10.1.